The minimum Gasteiger partial charge on any atom is -0.396 e. The van der Waals surface area contributed by atoms with Gasteiger partial charge in [-0.3, -0.25) is 4.79 Å². The summed E-state index contributed by atoms with van der Waals surface area (Å²) in [6.07, 6.45) is 3.01. The summed E-state index contributed by atoms with van der Waals surface area (Å²) in [5, 5.41) is 14.6. The number of hydrogen-bond acceptors (Lipinski definition) is 3. The number of hydrogen-bond donors (Lipinski definition) is 3. The topological polar surface area (TPSA) is 61.4 Å². The zero-order valence-electron chi connectivity index (χ0n) is 10.9. The summed E-state index contributed by atoms with van der Waals surface area (Å²) >= 11 is 0. The number of carbonyl (C=O) groups is 1. The Kier molecular flexibility index (Phi) is 7.06. The molecule has 1 amide bonds. The maximum Gasteiger partial charge on any atom is 0.251 e. The highest BCUT2D eigenvalue weighted by molar-refractivity contribution is 5.93. The molecular formula is C14H22N2O2. The second-order valence-corrected chi connectivity index (χ2v) is 4.24. The fourth-order valence-corrected chi connectivity index (χ4v) is 1.69. The molecule has 18 heavy (non-hydrogen) atoms. The summed E-state index contributed by atoms with van der Waals surface area (Å²) in [4.78, 5) is 11.3. The van der Waals surface area contributed by atoms with Crippen LogP contribution in [0.4, 0.5) is 0 Å². The van der Waals surface area contributed by atoms with Crippen molar-refractivity contribution in [1.82, 2.24) is 10.6 Å². The van der Waals surface area contributed by atoms with E-state index in [-0.39, 0.29) is 12.5 Å². The fourth-order valence-electron chi connectivity index (χ4n) is 1.69. The SMILES string of the molecule is CNC(=O)c1ccc(CNCCCCCO)cc1. The maximum absolute atomic E-state index is 11.3. The van der Waals surface area contributed by atoms with E-state index in [4.69, 9.17) is 5.11 Å². The van der Waals surface area contributed by atoms with Crippen molar-refractivity contribution in [1.29, 1.82) is 0 Å². The molecule has 0 aliphatic carbocycles. The van der Waals surface area contributed by atoms with E-state index in [0.717, 1.165) is 32.4 Å². The number of nitrogens with one attached hydrogen (secondary N) is 2. The monoisotopic (exact) mass is 250 g/mol. The van der Waals surface area contributed by atoms with Crippen LogP contribution in [0.1, 0.15) is 35.2 Å². The van der Waals surface area contributed by atoms with E-state index in [2.05, 4.69) is 10.6 Å². The van der Waals surface area contributed by atoms with Gasteiger partial charge in [-0.05, 0) is 43.5 Å². The first-order chi connectivity index (χ1) is 8.77. The van der Waals surface area contributed by atoms with Crippen molar-refractivity contribution < 1.29 is 9.90 Å². The average Bonchev–Trinajstić information content (AvgIpc) is 2.42. The van der Waals surface area contributed by atoms with Crippen molar-refractivity contribution in [2.75, 3.05) is 20.2 Å². The van der Waals surface area contributed by atoms with Crippen molar-refractivity contribution in [2.45, 2.75) is 25.8 Å². The molecule has 3 N–H and O–H groups in total. The van der Waals surface area contributed by atoms with Gasteiger partial charge in [0.15, 0.2) is 0 Å². The summed E-state index contributed by atoms with van der Waals surface area (Å²) in [7, 11) is 1.63. The molecule has 0 saturated carbocycles. The van der Waals surface area contributed by atoms with Crippen molar-refractivity contribution >= 4 is 5.91 Å². The fraction of sp³-hybridized carbons (Fsp3) is 0.500. The molecule has 0 saturated heterocycles. The van der Waals surface area contributed by atoms with Crippen LogP contribution < -0.4 is 10.6 Å². The number of aliphatic hydroxyl groups excluding tert-OH is 1. The standard InChI is InChI=1S/C14H22N2O2/c1-15-14(18)13-7-5-12(6-8-13)11-16-9-3-2-4-10-17/h5-8,16-17H,2-4,9-11H2,1H3,(H,15,18). The lowest BCUT2D eigenvalue weighted by molar-refractivity contribution is 0.0963. The molecule has 0 bridgehead atoms. The first-order valence-corrected chi connectivity index (χ1v) is 6.40. The largest absolute Gasteiger partial charge is 0.396 e. The summed E-state index contributed by atoms with van der Waals surface area (Å²) < 4.78 is 0. The molecule has 100 valence electrons. The lowest BCUT2D eigenvalue weighted by Crippen LogP contribution is -2.18. The molecule has 0 unspecified atom stereocenters. The van der Waals surface area contributed by atoms with Gasteiger partial charge in [-0.2, -0.15) is 0 Å². The van der Waals surface area contributed by atoms with Crippen LogP contribution in [0.15, 0.2) is 24.3 Å². The Labute approximate surface area is 108 Å². The molecule has 1 rings (SSSR count). The summed E-state index contributed by atoms with van der Waals surface area (Å²) in [6.45, 7) is 2.05. The van der Waals surface area contributed by atoms with Gasteiger partial charge < -0.3 is 15.7 Å². The smallest absolute Gasteiger partial charge is 0.251 e. The Hall–Kier alpha value is -1.39. The maximum atomic E-state index is 11.3. The van der Waals surface area contributed by atoms with Gasteiger partial charge >= 0.3 is 0 Å². The van der Waals surface area contributed by atoms with E-state index in [9.17, 15) is 4.79 Å². The number of benzene rings is 1. The Morgan fingerprint density at radius 3 is 2.50 bits per heavy atom. The van der Waals surface area contributed by atoms with Gasteiger partial charge in [0, 0.05) is 25.8 Å². The molecule has 4 nitrogen and oxygen atoms in total. The molecule has 0 aliphatic heterocycles. The Bertz CT molecular complexity index is 349. The van der Waals surface area contributed by atoms with Crippen molar-refractivity contribution in [3.8, 4) is 0 Å². The van der Waals surface area contributed by atoms with Gasteiger partial charge in [0.05, 0.1) is 0 Å². The van der Waals surface area contributed by atoms with Crippen LogP contribution in [0.3, 0.4) is 0 Å². The zero-order chi connectivity index (χ0) is 13.2. The van der Waals surface area contributed by atoms with Gasteiger partial charge in [0.2, 0.25) is 0 Å². The van der Waals surface area contributed by atoms with Crippen LogP contribution in [-0.2, 0) is 6.54 Å². The Morgan fingerprint density at radius 1 is 1.17 bits per heavy atom. The van der Waals surface area contributed by atoms with Crippen LogP contribution in [0.2, 0.25) is 0 Å². The van der Waals surface area contributed by atoms with Crippen molar-refractivity contribution in [3.05, 3.63) is 35.4 Å². The molecule has 0 radical (unpaired) electrons. The van der Waals surface area contributed by atoms with Crippen LogP contribution in [0, 0.1) is 0 Å². The number of aliphatic hydroxyl groups is 1. The molecule has 0 fully saturated rings. The van der Waals surface area contributed by atoms with E-state index in [1.54, 1.807) is 7.05 Å². The first-order valence-electron chi connectivity index (χ1n) is 6.40. The third kappa shape index (κ3) is 5.29. The first kappa shape index (κ1) is 14.7. The third-order valence-corrected chi connectivity index (χ3v) is 2.78. The molecule has 0 aromatic heterocycles. The van der Waals surface area contributed by atoms with Gasteiger partial charge in [-0.1, -0.05) is 12.1 Å². The van der Waals surface area contributed by atoms with E-state index in [1.807, 2.05) is 24.3 Å². The van der Waals surface area contributed by atoms with Gasteiger partial charge in [0.1, 0.15) is 0 Å². The molecule has 0 atom stereocenters. The Morgan fingerprint density at radius 2 is 1.89 bits per heavy atom. The molecule has 1 aromatic carbocycles. The zero-order valence-corrected chi connectivity index (χ0v) is 10.9. The lowest BCUT2D eigenvalue weighted by Gasteiger charge is -2.05. The normalized spacial score (nSPS) is 10.3. The van der Waals surface area contributed by atoms with Crippen LogP contribution >= 0.6 is 0 Å². The third-order valence-electron chi connectivity index (χ3n) is 2.78. The number of unbranched alkanes of at least 4 members (excludes halogenated alkanes) is 2. The molecule has 4 heteroatoms. The number of rotatable bonds is 8. The predicted molar refractivity (Wildman–Crippen MR) is 72.5 cm³/mol. The van der Waals surface area contributed by atoms with Gasteiger partial charge in [-0.25, -0.2) is 0 Å². The summed E-state index contributed by atoms with van der Waals surface area (Å²) in [5.74, 6) is -0.0569. The quantitative estimate of drug-likeness (QED) is 0.609. The highest BCUT2D eigenvalue weighted by atomic mass is 16.2. The van der Waals surface area contributed by atoms with Crippen LogP contribution in [-0.4, -0.2) is 31.2 Å². The minimum atomic E-state index is -0.0569. The average molecular weight is 250 g/mol. The molecule has 1 aromatic rings. The van der Waals surface area contributed by atoms with Gasteiger partial charge in [0.25, 0.3) is 5.91 Å². The Balaban J connectivity index is 2.25. The highest BCUT2D eigenvalue weighted by Crippen LogP contribution is 2.04. The summed E-state index contributed by atoms with van der Waals surface area (Å²) in [6, 6.07) is 7.60. The number of amides is 1. The number of carbonyl (C=O) groups excluding carboxylic acids is 1. The van der Waals surface area contributed by atoms with E-state index >= 15 is 0 Å². The molecule has 0 spiro atoms. The summed E-state index contributed by atoms with van der Waals surface area (Å²) in [5.41, 5.74) is 1.86. The highest BCUT2D eigenvalue weighted by Gasteiger charge is 2.01. The molecule has 0 heterocycles. The van der Waals surface area contributed by atoms with E-state index in [0.29, 0.717) is 5.56 Å². The second kappa shape index (κ2) is 8.66. The van der Waals surface area contributed by atoms with Crippen molar-refractivity contribution in [3.63, 3.8) is 0 Å². The lowest BCUT2D eigenvalue weighted by atomic mass is 10.1. The predicted octanol–water partition coefficient (Wildman–Crippen LogP) is 1.30. The van der Waals surface area contributed by atoms with E-state index in [1.165, 1.54) is 5.56 Å². The van der Waals surface area contributed by atoms with Crippen LogP contribution in [0.5, 0.6) is 0 Å². The minimum absolute atomic E-state index is 0.0569. The van der Waals surface area contributed by atoms with E-state index < -0.39 is 0 Å². The van der Waals surface area contributed by atoms with Gasteiger partial charge in [-0.15, -0.1) is 0 Å². The van der Waals surface area contributed by atoms with Crippen molar-refractivity contribution in [2.24, 2.45) is 0 Å². The second-order valence-electron chi connectivity index (χ2n) is 4.24. The van der Waals surface area contributed by atoms with Crippen LogP contribution in [0.25, 0.3) is 0 Å². The molecular weight excluding hydrogens is 228 g/mol. The molecule has 0 aliphatic rings.